The third-order valence-electron chi connectivity index (χ3n) is 1.93. The van der Waals surface area contributed by atoms with Gasteiger partial charge in [0.25, 0.3) is 0 Å². The molecule has 0 aliphatic heterocycles. The van der Waals surface area contributed by atoms with Gasteiger partial charge in [0.2, 0.25) is 0 Å². The molecule has 0 aliphatic rings. The minimum absolute atomic E-state index is 0.0210. The van der Waals surface area contributed by atoms with E-state index in [1.54, 1.807) is 0 Å². The number of ether oxygens (including phenoxy) is 2. The van der Waals surface area contributed by atoms with Crippen molar-refractivity contribution >= 4 is 0 Å². The van der Waals surface area contributed by atoms with Crippen LogP contribution >= 0.6 is 0 Å². The Morgan fingerprint density at radius 3 is 2.20 bits per heavy atom. The van der Waals surface area contributed by atoms with Crippen molar-refractivity contribution in [3.8, 4) is 0 Å². The summed E-state index contributed by atoms with van der Waals surface area (Å²) in [5.74, 6) is 0. The summed E-state index contributed by atoms with van der Waals surface area (Å²) >= 11 is 0. The maximum Gasteiger partial charge on any atom is 0.0598 e. The highest BCUT2D eigenvalue weighted by atomic mass is 16.5. The average Bonchev–Trinajstić information content (AvgIpc) is 2.14. The van der Waals surface area contributed by atoms with Gasteiger partial charge in [-0.05, 0) is 53.6 Å². The van der Waals surface area contributed by atoms with Crippen LogP contribution in [0.15, 0.2) is 0 Å². The first-order valence-electron chi connectivity index (χ1n) is 5.92. The monoisotopic (exact) mass is 217 g/mol. The fraction of sp³-hybridized carbons (Fsp3) is 1.00. The largest absolute Gasteiger partial charge is 0.381 e. The Balaban J connectivity index is 2.99. The Hall–Kier alpha value is -0.120. The molecule has 0 heterocycles. The summed E-state index contributed by atoms with van der Waals surface area (Å²) < 4.78 is 11.1. The van der Waals surface area contributed by atoms with Gasteiger partial charge >= 0.3 is 0 Å². The zero-order valence-corrected chi connectivity index (χ0v) is 10.8. The van der Waals surface area contributed by atoms with Gasteiger partial charge in [0.05, 0.1) is 5.60 Å². The molecule has 0 amide bonds. The highest BCUT2D eigenvalue weighted by Crippen LogP contribution is 2.06. The third-order valence-corrected chi connectivity index (χ3v) is 1.93. The molecule has 0 aliphatic carbocycles. The second-order valence-electron chi connectivity index (χ2n) is 4.74. The Bertz CT molecular complexity index is 132. The molecule has 3 nitrogen and oxygen atoms in total. The van der Waals surface area contributed by atoms with Gasteiger partial charge in [0.1, 0.15) is 0 Å². The van der Waals surface area contributed by atoms with Gasteiger partial charge in [-0.3, -0.25) is 0 Å². The summed E-state index contributed by atoms with van der Waals surface area (Å²) in [7, 11) is 1.98. The molecule has 0 rings (SSSR count). The van der Waals surface area contributed by atoms with Crippen molar-refractivity contribution in [2.24, 2.45) is 0 Å². The molecule has 0 radical (unpaired) electrons. The second kappa shape index (κ2) is 9.13. The lowest BCUT2D eigenvalue weighted by Gasteiger charge is -2.19. The van der Waals surface area contributed by atoms with E-state index in [-0.39, 0.29) is 5.60 Å². The molecule has 0 aromatic carbocycles. The fourth-order valence-corrected chi connectivity index (χ4v) is 1.15. The summed E-state index contributed by atoms with van der Waals surface area (Å²) in [6.07, 6.45) is 3.32. The topological polar surface area (TPSA) is 30.5 Å². The summed E-state index contributed by atoms with van der Waals surface area (Å²) in [5, 5.41) is 3.12. The molecule has 1 N–H and O–H groups in total. The highest BCUT2D eigenvalue weighted by Gasteiger charge is 2.08. The molecule has 3 heteroatoms. The predicted molar refractivity (Wildman–Crippen MR) is 64.3 cm³/mol. The Labute approximate surface area is 94.5 Å². The molecule has 0 saturated heterocycles. The number of rotatable bonds is 9. The molecule has 0 bridgehead atoms. The first kappa shape index (κ1) is 14.9. The molecule has 0 aromatic heterocycles. The average molecular weight is 217 g/mol. The maximum atomic E-state index is 5.58. The van der Waals surface area contributed by atoms with E-state index in [1.807, 2.05) is 7.05 Å². The smallest absolute Gasteiger partial charge is 0.0598 e. The molecule has 0 saturated carbocycles. The van der Waals surface area contributed by atoms with E-state index in [0.717, 1.165) is 39.2 Å². The van der Waals surface area contributed by atoms with Crippen LogP contribution in [0.1, 0.15) is 40.0 Å². The first-order valence-corrected chi connectivity index (χ1v) is 5.92. The van der Waals surface area contributed by atoms with Crippen LogP contribution in [0.2, 0.25) is 0 Å². The van der Waals surface area contributed by atoms with Gasteiger partial charge in [-0.1, -0.05) is 0 Å². The third kappa shape index (κ3) is 13.9. The van der Waals surface area contributed by atoms with Crippen LogP contribution in [-0.2, 0) is 9.47 Å². The van der Waals surface area contributed by atoms with E-state index >= 15 is 0 Å². The number of hydrogen-bond acceptors (Lipinski definition) is 3. The van der Waals surface area contributed by atoms with Gasteiger partial charge in [-0.15, -0.1) is 0 Å². The molecular formula is C12H27NO2. The SMILES string of the molecule is CNCCCCOCCCOC(C)(C)C. The van der Waals surface area contributed by atoms with Crippen LogP contribution in [0, 0.1) is 0 Å². The molecule has 0 aromatic rings. The summed E-state index contributed by atoms with van der Waals surface area (Å²) in [5.41, 5.74) is -0.0210. The lowest BCUT2D eigenvalue weighted by molar-refractivity contribution is -0.0140. The lowest BCUT2D eigenvalue weighted by Crippen LogP contribution is -2.20. The molecular weight excluding hydrogens is 190 g/mol. The number of hydrogen-bond donors (Lipinski definition) is 1. The van der Waals surface area contributed by atoms with Crippen molar-refractivity contribution in [2.45, 2.75) is 45.6 Å². The van der Waals surface area contributed by atoms with Gasteiger partial charge in [-0.25, -0.2) is 0 Å². The minimum atomic E-state index is -0.0210. The zero-order chi connectivity index (χ0) is 11.6. The number of unbranched alkanes of at least 4 members (excludes halogenated alkanes) is 1. The first-order chi connectivity index (χ1) is 7.06. The summed E-state index contributed by atoms with van der Waals surface area (Å²) in [6.45, 7) is 9.78. The quantitative estimate of drug-likeness (QED) is 0.601. The Morgan fingerprint density at radius 1 is 0.933 bits per heavy atom. The van der Waals surface area contributed by atoms with Crippen molar-refractivity contribution < 1.29 is 9.47 Å². The van der Waals surface area contributed by atoms with Crippen LogP contribution in [0.5, 0.6) is 0 Å². The Kier molecular flexibility index (Phi) is 9.06. The molecule has 92 valence electrons. The van der Waals surface area contributed by atoms with Gasteiger partial charge in [-0.2, -0.15) is 0 Å². The van der Waals surface area contributed by atoms with Crippen molar-refractivity contribution in [1.82, 2.24) is 5.32 Å². The van der Waals surface area contributed by atoms with Crippen LogP contribution in [0.3, 0.4) is 0 Å². The van der Waals surface area contributed by atoms with E-state index in [9.17, 15) is 0 Å². The second-order valence-corrected chi connectivity index (χ2v) is 4.74. The number of nitrogens with one attached hydrogen (secondary N) is 1. The van der Waals surface area contributed by atoms with Gasteiger partial charge < -0.3 is 14.8 Å². The zero-order valence-electron chi connectivity index (χ0n) is 10.8. The van der Waals surface area contributed by atoms with Crippen molar-refractivity contribution in [1.29, 1.82) is 0 Å². The van der Waals surface area contributed by atoms with E-state index in [2.05, 4.69) is 26.1 Å². The lowest BCUT2D eigenvalue weighted by atomic mass is 10.2. The van der Waals surface area contributed by atoms with Gasteiger partial charge in [0, 0.05) is 19.8 Å². The van der Waals surface area contributed by atoms with Crippen molar-refractivity contribution in [3.05, 3.63) is 0 Å². The summed E-state index contributed by atoms with van der Waals surface area (Å²) in [4.78, 5) is 0. The maximum absolute atomic E-state index is 5.58. The highest BCUT2D eigenvalue weighted by molar-refractivity contribution is 4.58. The fourth-order valence-electron chi connectivity index (χ4n) is 1.15. The van der Waals surface area contributed by atoms with E-state index < -0.39 is 0 Å². The summed E-state index contributed by atoms with van der Waals surface area (Å²) in [6, 6.07) is 0. The molecule has 0 fully saturated rings. The normalized spacial score (nSPS) is 12.0. The van der Waals surface area contributed by atoms with Gasteiger partial charge in [0.15, 0.2) is 0 Å². The van der Waals surface area contributed by atoms with Crippen LogP contribution < -0.4 is 5.32 Å². The van der Waals surface area contributed by atoms with E-state index in [0.29, 0.717) is 0 Å². The predicted octanol–water partition coefficient (Wildman–Crippen LogP) is 2.21. The van der Waals surface area contributed by atoms with Crippen molar-refractivity contribution in [3.63, 3.8) is 0 Å². The molecule has 0 unspecified atom stereocenters. The molecule has 0 spiro atoms. The van der Waals surface area contributed by atoms with Crippen LogP contribution in [0.4, 0.5) is 0 Å². The Morgan fingerprint density at radius 2 is 1.60 bits per heavy atom. The van der Waals surface area contributed by atoms with E-state index in [1.165, 1.54) is 6.42 Å². The van der Waals surface area contributed by atoms with E-state index in [4.69, 9.17) is 9.47 Å². The minimum Gasteiger partial charge on any atom is -0.381 e. The van der Waals surface area contributed by atoms with Crippen LogP contribution in [0.25, 0.3) is 0 Å². The van der Waals surface area contributed by atoms with Crippen molar-refractivity contribution in [2.75, 3.05) is 33.4 Å². The van der Waals surface area contributed by atoms with Crippen LogP contribution in [-0.4, -0.2) is 39.0 Å². The molecule has 0 atom stereocenters. The molecule has 15 heavy (non-hydrogen) atoms. The standard InChI is InChI=1S/C12H27NO2/c1-12(2,3)15-11-7-10-14-9-6-5-8-13-4/h13H,5-11H2,1-4H3.